The zero-order valence-electron chi connectivity index (χ0n) is 18.6. The van der Waals surface area contributed by atoms with Crippen LogP contribution in [-0.2, 0) is 26.1 Å². The number of carbonyl (C=O) groups is 2. The van der Waals surface area contributed by atoms with Crippen molar-refractivity contribution in [2.45, 2.75) is 39.3 Å². The van der Waals surface area contributed by atoms with Gasteiger partial charge in [-0.15, -0.1) is 11.3 Å². The molecule has 178 valence electrons. The van der Waals surface area contributed by atoms with E-state index in [9.17, 15) is 18.0 Å². The fourth-order valence-corrected chi connectivity index (χ4v) is 3.87. The fourth-order valence-electron chi connectivity index (χ4n) is 2.28. The quantitative estimate of drug-likeness (QED) is 0.282. The molecule has 2 heterocycles. The summed E-state index contributed by atoms with van der Waals surface area (Å²) in [5.41, 5.74) is 0.999. The van der Waals surface area contributed by atoms with Crippen LogP contribution in [0.15, 0.2) is 48.0 Å². The van der Waals surface area contributed by atoms with Gasteiger partial charge in [0.25, 0.3) is 11.1 Å². The minimum absolute atomic E-state index is 0. The van der Waals surface area contributed by atoms with Gasteiger partial charge < -0.3 is 8.92 Å². The van der Waals surface area contributed by atoms with E-state index < -0.39 is 21.2 Å². The molecular formula is C21H26N4O6S2. The lowest BCUT2D eigenvalue weighted by Crippen LogP contribution is -2.14. The van der Waals surface area contributed by atoms with Crippen LogP contribution in [0.5, 0.6) is 5.75 Å². The monoisotopic (exact) mass is 494 g/mol. The topological polar surface area (TPSA) is 137 Å². The number of esters is 1. The third-order valence-electron chi connectivity index (χ3n) is 3.73. The number of nitrogens with zero attached hydrogens (tertiary/aromatic N) is 3. The Morgan fingerprint density at radius 1 is 1.06 bits per heavy atom. The Kier molecular flexibility index (Phi) is 9.43. The SMILES string of the molecule is CC.CC(=O)OCCc1cnc(NC(=O)c2ccc(OS(=O)(=O)c3ncc(C)cn3)cc2)s1.[HH]. The van der Waals surface area contributed by atoms with Crippen LogP contribution < -0.4 is 9.50 Å². The van der Waals surface area contributed by atoms with Crippen LogP contribution in [0.1, 0.15) is 43.0 Å². The molecule has 0 aliphatic carbocycles. The highest BCUT2D eigenvalue weighted by Gasteiger charge is 2.20. The van der Waals surface area contributed by atoms with Gasteiger partial charge in [-0.25, -0.2) is 15.0 Å². The predicted octanol–water partition coefficient (Wildman–Crippen LogP) is 3.64. The Bertz CT molecular complexity index is 1180. The van der Waals surface area contributed by atoms with Crippen molar-refractivity contribution in [3.63, 3.8) is 0 Å². The maximum absolute atomic E-state index is 12.4. The van der Waals surface area contributed by atoms with E-state index in [0.29, 0.717) is 17.1 Å². The third-order valence-corrected chi connectivity index (χ3v) is 5.77. The summed E-state index contributed by atoms with van der Waals surface area (Å²) in [5, 5.41) is 2.60. The first-order valence-electron chi connectivity index (χ1n) is 9.95. The van der Waals surface area contributed by atoms with Crippen LogP contribution >= 0.6 is 11.3 Å². The number of rotatable bonds is 8. The molecule has 0 spiro atoms. The molecule has 0 radical (unpaired) electrons. The van der Waals surface area contributed by atoms with E-state index in [0.717, 1.165) is 4.88 Å². The van der Waals surface area contributed by atoms with Gasteiger partial charge in [0, 0.05) is 43.8 Å². The molecule has 0 fully saturated rings. The largest absolute Gasteiger partial charge is 0.465 e. The van der Waals surface area contributed by atoms with E-state index in [-0.39, 0.29) is 25.3 Å². The first kappa shape index (κ1) is 25.9. The molecule has 0 atom stereocenters. The molecule has 0 saturated heterocycles. The molecular weight excluding hydrogens is 468 g/mol. The van der Waals surface area contributed by atoms with Gasteiger partial charge in [0.1, 0.15) is 5.75 Å². The number of aromatic nitrogens is 3. The number of amides is 1. The first-order valence-corrected chi connectivity index (χ1v) is 12.2. The lowest BCUT2D eigenvalue weighted by Gasteiger charge is -2.07. The molecule has 3 aromatic rings. The molecule has 3 rings (SSSR count). The van der Waals surface area contributed by atoms with E-state index in [1.165, 1.54) is 54.9 Å². The van der Waals surface area contributed by atoms with Crippen molar-refractivity contribution in [1.29, 1.82) is 0 Å². The highest BCUT2D eigenvalue weighted by Crippen LogP contribution is 2.21. The lowest BCUT2D eigenvalue weighted by atomic mass is 10.2. The molecule has 33 heavy (non-hydrogen) atoms. The van der Waals surface area contributed by atoms with Gasteiger partial charge in [-0.2, -0.15) is 8.42 Å². The Morgan fingerprint density at radius 3 is 2.30 bits per heavy atom. The van der Waals surface area contributed by atoms with Crippen molar-refractivity contribution in [2.75, 3.05) is 11.9 Å². The molecule has 1 amide bonds. The number of hydrogen-bond donors (Lipinski definition) is 1. The Labute approximate surface area is 197 Å². The molecule has 0 bridgehead atoms. The minimum Gasteiger partial charge on any atom is -0.465 e. The molecule has 12 heteroatoms. The molecule has 1 N–H and O–H groups in total. The van der Waals surface area contributed by atoms with Crippen molar-refractivity contribution in [3.05, 3.63) is 58.9 Å². The van der Waals surface area contributed by atoms with Gasteiger partial charge in [-0.3, -0.25) is 14.9 Å². The van der Waals surface area contributed by atoms with E-state index in [2.05, 4.69) is 20.3 Å². The molecule has 0 saturated carbocycles. The average molecular weight is 495 g/mol. The highest BCUT2D eigenvalue weighted by molar-refractivity contribution is 7.86. The molecule has 0 unspecified atom stereocenters. The minimum atomic E-state index is -4.18. The highest BCUT2D eigenvalue weighted by atomic mass is 32.2. The van der Waals surface area contributed by atoms with Gasteiger partial charge in [0.05, 0.1) is 6.61 Å². The zero-order chi connectivity index (χ0) is 24.4. The smallest absolute Gasteiger partial charge is 0.375 e. The van der Waals surface area contributed by atoms with Gasteiger partial charge in [-0.05, 0) is 36.8 Å². The molecule has 10 nitrogen and oxygen atoms in total. The second-order valence-corrected chi connectivity index (χ2v) is 8.84. The number of anilines is 1. The molecule has 0 aliphatic heterocycles. The number of aryl methyl sites for hydroxylation is 1. The standard InChI is InChI=1S/C19H18N4O6S2.C2H6.H2/c1-12-9-21-19(22-10-12)31(26,27)29-15-5-3-14(4-6-15)17(25)23-18-20-11-16(30-18)7-8-28-13(2)24;1-2;/h3-6,9-11H,7-8H2,1-2H3,(H,20,23,25);1-2H3;1H. The number of ether oxygens (including phenoxy) is 1. The number of carbonyl (C=O) groups excluding carboxylic acids is 2. The summed E-state index contributed by atoms with van der Waals surface area (Å²) < 4.78 is 34.3. The molecule has 1 aromatic carbocycles. The van der Waals surface area contributed by atoms with Crippen LogP contribution in [0, 0.1) is 6.92 Å². The van der Waals surface area contributed by atoms with Crippen LogP contribution in [-0.4, -0.2) is 41.9 Å². The second kappa shape index (κ2) is 12.0. The summed E-state index contributed by atoms with van der Waals surface area (Å²) in [7, 11) is -4.18. The summed E-state index contributed by atoms with van der Waals surface area (Å²) in [6.07, 6.45) is 4.84. The van der Waals surface area contributed by atoms with Crippen LogP contribution in [0.4, 0.5) is 5.13 Å². The van der Waals surface area contributed by atoms with Crippen molar-refractivity contribution in [3.8, 4) is 5.75 Å². The number of benzene rings is 1. The normalized spacial score (nSPS) is 10.5. The van der Waals surface area contributed by atoms with Gasteiger partial charge in [0.2, 0.25) is 0 Å². The molecule has 0 aliphatic rings. The number of nitrogens with one attached hydrogen (secondary N) is 1. The van der Waals surface area contributed by atoms with Crippen molar-refractivity contribution >= 4 is 38.5 Å². The Hall–Kier alpha value is -3.38. The number of hydrogen-bond acceptors (Lipinski definition) is 10. The zero-order valence-corrected chi connectivity index (χ0v) is 20.2. The second-order valence-electron chi connectivity index (χ2n) is 6.28. The van der Waals surface area contributed by atoms with Crippen molar-refractivity contribution < 1.29 is 28.4 Å². The Morgan fingerprint density at radius 2 is 1.70 bits per heavy atom. The van der Waals surface area contributed by atoms with Crippen LogP contribution in [0.3, 0.4) is 0 Å². The summed E-state index contributed by atoms with van der Waals surface area (Å²) >= 11 is 1.26. The summed E-state index contributed by atoms with van der Waals surface area (Å²) in [6.45, 7) is 7.31. The average Bonchev–Trinajstić information content (AvgIpc) is 3.22. The van der Waals surface area contributed by atoms with Crippen molar-refractivity contribution in [1.82, 2.24) is 15.0 Å². The van der Waals surface area contributed by atoms with E-state index in [1.807, 2.05) is 13.8 Å². The van der Waals surface area contributed by atoms with Crippen molar-refractivity contribution in [2.24, 2.45) is 0 Å². The van der Waals surface area contributed by atoms with E-state index >= 15 is 0 Å². The summed E-state index contributed by atoms with van der Waals surface area (Å²) in [5.74, 6) is -0.760. The van der Waals surface area contributed by atoms with E-state index in [1.54, 1.807) is 13.1 Å². The van der Waals surface area contributed by atoms with E-state index in [4.69, 9.17) is 8.92 Å². The maximum atomic E-state index is 12.4. The number of thiazole rings is 1. The first-order chi connectivity index (χ1) is 15.7. The fraction of sp³-hybridized carbons (Fsp3) is 0.286. The third kappa shape index (κ3) is 7.91. The van der Waals surface area contributed by atoms with Gasteiger partial charge >= 0.3 is 16.1 Å². The summed E-state index contributed by atoms with van der Waals surface area (Å²) in [6, 6.07) is 5.55. The lowest BCUT2D eigenvalue weighted by molar-refractivity contribution is -0.140. The van der Waals surface area contributed by atoms with Crippen LogP contribution in [0.25, 0.3) is 0 Å². The van der Waals surface area contributed by atoms with Gasteiger partial charge in [-0.1, -0.05) is 13.8 Å². The van der Waals surface area contributed by atoms with Gasteiger partial charge in [0.15, 0.2) is 5.13 Å². The van der Waals surface area contributed by atoms with Crippen LogP contribution in [0.2, 0.25) is 0 Å². The Balaban J connectivity index is 0.00000188. The predicted molar refractivity (Wildman–Crippen MR) is 125 cm³/mol. The maximum Gasteiger partial charge on any atom is 0.375 e. The molecule has 2 aromatic heterocycles. The summed E-state index contributed by atoms with van der Waals surface area (Å²) in [4.78, 5) is 35.6.